The molecule has 25 heavy (non-hydrogen) atoms. The molecule has 1 aliphatic heterocycles. The van der Waals surface area contributed by atoms with Crippen LogP contribution in [0.25, 0.3) is 5.88 Å². The summed E-state index contributed by atoms with van der Waals surface area (Å²) in [5, 5.41) is 19.2. The molecular weight excluding hydrogens is 320 g/mol. The van der Waals surface area contributed by atoms with Gasteiger partial charge in [0, 0.05) is 12.1 Å². The number of hydrogen-bond acceptors (Lipinski definition) is 7. The van der Waals surface area contributed by atoms with Crippen molar-refractivity contribution in [3.63, 3.8) is 0 Å². The molecule has 1 N–H and O–H groups in total. The standard InChI is InChI=1S/C17H20N6O2/c1-11-12(2)20-25-17(11)23-16(19-21-22-23)10-18-9-14-8-7-13-5-3-4-6-15(13)24-14/h3-6,14,18H,7-10H2,1-2H3. The van der Waals surface area contributed by atoms with Gasteiger partial charge in [0.15, 0.2) is 5.82 Å². The lowest BCUT2D eigenvalue weighted by Crippen LogP contribution is -2.34. The van der Waals surface area contributed by atoms with Gasteiger partial charge in [-0.1, -0.05) is 23.4 Å². The molecular formula is C17H20N6O2. The van der Waals surface area contributed by atoms with Crippen LogP contribution in [0.15, 0.2) is 28.8 Å². The molecule has 0 amide bonds. The van der Waals surface area contributed by atoms with Crippen molar-refractivity contribution in [2.24, 2.45) is 0 Å². The Labute approximate surface area is 145 Å². The molecule has 0 bridgehead atoms. The smallest absolute Gasteiger partial charge is 0.257 e. The molecule has 3 aromatic rings. The van der Waals surface area contributed by atoms with Crippen LogP contribution in [0.2, 0.25) is 0 Å². The largest absolute Gasteiger partial charge is 0.489 e. The predicted octanol–water partition coefficient (Wildman–Crippen LogP) is 1.75. The van der Waals surface area contributed by atoms with Gasteiger partial charge in [-0.05, 0) is 48.7 Å². The van der Waals surface area contributed by atoms with E-state index in [2.05, 4.69) is 32.1 Å². The maximum atomic E-state index is 6.04. The van der Waals surface area contributed by atoms with Crippen LogP contribution >= 0.6 is 0 Å². The summed E-state index contributed by atoms with van der Waals surface area (Å²) in [5.41, 5.74) is 3.04. The number of hydrogen-bond donors (Lipinski definition) is 1. The highest BCUT2D eigenvalue weighted by Crippen LogP contribution is 2.26. The summed E-state index contributed by atoms with van der Waals surface area (Å²) in [7, 11) is 0. The van der Waals surface area contributed by atoms with E-state index in [0.717, 1.165) is 36.4 Å². The molecule has 4 rings (SSSR count). The number of benzene rings is 1. The van der Waals surface area contributed by atoms with Crippen LogP contribution in [0.4, 0.5) is 0 Å². The zero-order valence-electron chi connectivity index (χ0n) is 14.3. The fraction of sp³-hybridized carbons (Fsp3) is 0.412. The van der Waals surface area contributed by atoms with Crippen LogP contribution in [0.1, 0.15) is 29.1 Å². The lowest BCUT2D eigenvalue weighted by molar-refractivity contribution is 0.170. The second-order valence-corrected chi connectivity index (χ2v) is 6.22. The third-order valence-corrected chi connectivity index (χ3v) is 4.52. The average molecular weight is 340 g/mol. The fourth-order valence-corrected chi connectivity index (χ4v) is 2.94. The van der Waals surface area contributed by atoms with Crippen LogP contribution in [-0.4, -0.2) is 38.0 Å². The third-order valence-electron chi connectivity index (χ3n) is 4.52. The minimum absolute atomic E-state index is 0.147. The number of tetrazole rings is 1. The Morgan fingerprint density at radius 3 is 3.00 bits per heavy atom. The van der Waals surface area contributed by atoms with E-state index in [1.807, 2.05) is 32.0 Å². The lowest BCUT2D eigenvalue weighted by Gasteiger charge is -2.26. The number of para-hydroxylation sites is 1. The molecule has 1 aliphatic rings. The van der Waals surface area contributed by atoms with Crippen LogP contribution in [-0.2, 0) is 13.0 Å². The van der Waals surface area contributed by atoms with Gasteiger partial charge in [0.2, 0.25) is 0 Å². The molecule has 0 aliphatic carbocycles. The summed E-state index contributed by atoms with van der Waals surface area (Å²) >= 11 is 0. The Kier molecular flexibility index (Phi) is 4.19. The first-order valence-electron chi connectivity index (χ1n) is 8.38. The number of aryl methyl sites for hydroxylation is 2. The molecule has 130 valence electrons. The van der Waals surface area contributed by atoms with E-state index in [9.17, 15) is 0 Å². The third kappa shape index (κ3) is 3.12. The summed E-state index contributed by atoms with van der Waals surface area (Å²) < 4.78 is 13.0. The monoisotopic (exact) mass is 340 g/mol. The van der Waals surface area contributed by atoms with E-state index in [-0.39, 0.29) is 6.10 Å². The number of fused-ring (bicyclic) bond motifs is 1. The van der Waals surface area contributed by atoms with E-state index in [1.54, 1.807) is 4.68 Å². The molecule has 8 nitrogen and oxygen atoms in total. The van der Waals surface area contributed by atoms with Gasteiger partial charge in [-0.3, -0.25) is 0 Å². The summed E-state index contributed by atoms with van der Waals surface area (Å²) in [4.78, 5) is 0. The van der Waals surface area contributed by atoms with Gasteiger partial charge in [-0.2, -0.15) is 4.68 Å². The molecule has 0 saturated carbocycles. The van der Waals surface area contributed by atoms with Gasteiger partial charge in [0.1, 0.15) is 11.9 Å². The van der Waals surface area contributed by atoms with Crippen LogP contribution < -0.4 is 10.1 Å². The first kappa shape index (κ1) is 15.8. The molecule has 0 radical (unpaired) electrons. The maximum Gasteiger partial charge on any atom is 0.257 e. The van der Waals surface area contributed by atoms with Crippen molar-refractivity contribution < 1.29 is 9.26 Å². The van der Waals surface area contributed by atoms with Crippen molar-refractivity contribution in [1.82, 2.24) is 30.7 Å². The Morgan fingerprint density at radius 2 is 2.16 bits per heavy atom. The highest BCUT2D eigenvalue weighted by atomic mass is 16.5. The number of nitrogens with zero attached hydrogens (tertiary/aromatic N) is 5. The minimum atomic E-state index is 0.147. The molecule has 1 atom stereocenters. The van der Waals surface area contributed by atoms with E-state index >= 15 is 0 Å². The zero-order chi connectivity index (χ0) is 17.2. The van der Waals surface area contributed by atoms with Gasteiger partial charge in [-0.15, -0.1) is 5.10 Å². The maximum absolute atomic E-state index is 6.04. The van der Waals surface area contributed by atoms with Crippen molar-refractivity contribution in [1.29, 1.82) is 0 Å². The van der Waals surface area contributed by atoms with Gasteiger partial charge < -0.3 is 14.6 Å². The topological polar surface area (TPSA) is 90.9 Å². The minimum Gasteiger partial charge on any atom is -0.489 e. The van der Waals surface area contributed by atoms with E-state index in [1.165, 1.54) is 5.56 Å². The van der Waals surface area contributed by atoms with Crippen molar-refractivity contribution in [3.8, 4) is 11.6 Å². The van der Waals surface area contributed by atoms with Crippen LogP contribution in [0, 0.1) is 13.8 Å². The molecule has 0 fully saturated rings. The SMILES string of the molecule is Cc1noc(-n2nnnc2CNCC2CCc3ccccc3O2)c1C. The first-order chi connectivity index (χ1) is 12.2. The fourth-order valence-electron chi connectivity index (χ4n) is 2.94. The van der Waals surface area contributed by atoms with E-state index < -0.39 is 0 Å². The summed E-state index contributed by atoms with van der Waals surface area (Å²) in [6.07, 6.45) is 2.18. The molecule has 8 heteroatoms. The van der Waals surface area contributed by atoms with Gasteiger partial charge in [-0.25, -0.2) is 0 Å². The van der Waals surface area contributed by atoms with Crippen molar-refractivity contribution in [3.05, 3.63) is 46.9 Å². The second kappa shape index (κ2) is 6.64. The normalized spacial score (nSPS) is 16.5. The molecule has 3 heterocycles. The number of ether oxygens (including phenoxy) is 1. The molecule has 0 saturated heterocycles. The quantitative estimate of drug-likeness (QED) is 0.756. The van der Waals surface area contributed by atoms with E-state index in [4.69, 9.17) is 9.26 Å². The summed E-state index contributed by atoms with van der Waals surface area (Å²) in [5.74, 6) is 2.22. The molecule has 1 aromatic carbocycles. The molecule has 2 aromatic heterocycles. The number of nitrogens with one attached hydrogen (secondary N) is 1. The van der Waals surface area contributed by atoms with Gasteiger partial charge in [0.25, 0.3) is 5.88 Å². The summed E-state index contributed by atoms with van der Waals surface area (Å²) in [6.45, 7) is 5.08. The predicted molar refractivity (Wildman–Crippen MR) is 89.6 cm³/mol. The highest BCUT2D eigenvalue weighted by Gasteiger charge is 2.20. The summed E-state index contributed by atoms with van der Waals surface area (Å²) in [6, 6.07) is 8.20. The number of aromatic nitrogens is 5. The Hall–Kier alpha value is -2.74. The molecule has 0 spiro atoms. The van der Waals surface area contributed by atoms with Gasteiger partial charge >= 0.3 is 0 Å². The average Bonchev–Trinajstić information content (AvgIpc) is 3.22. The lowest BCUT2D eigenvalue weighted by atomic mass is 10.0. The second-order valence-electron chi connectivity index (χ2n) is 6.22. The highest BCUT2D eigenvalue weighted by molar-refractivity contribution is 5.35. The Balaban J connectivity index is 1.37. The number of rotatable bonds is 5. The van der Waals surface area contributed by atoms with Gasteiger partial charge in [0.05, 0.1) is 12.2 Å². The first-order valence-corrected chi connectivity index (χ1v) is 8.38. The van der Waals surface area contributed by atoms with Crippen LogP contribution in [0.3, 0.4) is 0 Å². The Morgan fingerprint density at radius 1 is 1.28 bits per heavy atom. The van der Waals surface area contributed by atoms with E-state index in [0.29, 0.717) is 18.3 Å². The van der Waals surface area contributed by atoms with Crippen molar-refractivity contribution in [2.45, 2.75) is 39.3 Å². The van der Waals surface area contributed by atoms with Crippen molar-refractivity contribution in [2.75, 3.05) is 6.54 Å². The zero-order valence-corrected chi connectivity index (χ0v) is 14.3. The van der Waals surface area contributed by atoms with Crippen molar-refractivity contribution >= 4 is 0 Å². The Bertz CT molecular complexity index is 872. The van der Waals surface area contributed by atoms with Crippen LogP contribution in [0.5, 0.6) is 5.75 Å². The molecule has 1 unspecified atom stereocenters.